The number of rotatable bonds is 0. The Morgan fingerprint density at radius 1 is 0.133 bits per heavy atom. The van der Waals surface area contributed by atoms with Gasteiger partial charge in [0.1, 0.15) is 0 Å². The van der Waals surface area contributed by atoms with E-state index < -0.39 is 0 Å². The molecule has 0 aliphatic heterocycles. The molecular weight excluding hydrogens is 935 g/mol. The summed E-state index contributed by atoms with van der Waals surface area (Å²) < 4.78 is 0. The van der Waals surface area contributed by atoms with Crippen LogP contribution in [0.3, 0.4) is 0 Å². The van der Waals surface area contributed by atoms with Gasteiger partial charge in [-0.25, -0.2) is 0 Å². The minimum absolute atomic E-state index is 0. The first-order chi connectivity index (χ1) is 7.00. The van der Waals surface area contributed by atoms with E-state index in [2.05, 4.69) is 0 Å². The van der Waals surface area contributed by atoms with Gasteiger partial charge in [-0.05, 0) is 0 Å². The lowest BCUT2D eigenvalue weighted by molar-refractivity contribution is 0.504. The molecule has 0 bridgehead atoms. The molecule has 0 heterocycles. The summed E-state index contributed by atoms with van der Waals surface area (Å²) >= 11 is 0. The molecule has 0 atom stereocenters. The molecule has 1 saturated carbocycles. The van der Waals surface area contributed by atoms with Crippen molar-refractivity contribution in [3.63, 3.8) is 0 Å². The van der Waals surface area contributed by atoms with Gasteiger partial charge >= 0.3 is 0 Å². The minimum Gasteiger partial charge on any atom is -0.412 e. The van der Waals surface area contributed by atoms with Crippen LogP contribution >= 0.6 is 136 Å². The fraction of sp³-hybridized carbons (Fsp3) is 1.00. The van der Waals surface area contributed by atoms with Gasteiger partial charge in [0.25, 0.3) is 0 Å². The van der Waals surface area contributed by atoms with Crippen LogP contribution in [0.4, 0.5) is 0 Å². The molecule has 1 aliphatic carbocycles. The van der Waals surface area contributed by atoms with Crippen LogP contribution in [0.1, 0.15) is 89.9 Å². The highest BCUT2D eigenvalue weighted by molar-refractivity contribution is 8.93. The number of hydrogen-bond acceptors (Lipinski definition) is 0. The zero-order valence-electron chi connectivity index (χ0n) is 17.2. The fourth-order valence-corrected chi connectivity index (χ4v) is 2.47. The lowest BCUT2D eigenvalue weighted by atomic mass is 10.0. The molecule has 0 amide bonds. The van der Waals surface area contributed by atoms with Gasteiger partial charge in [-0.2, -0.15) is 0 Å². The summed E-state index contributed by atoms with van der Waals surface area (Å²) in [5.41, 5.74) is 0. The van der Waals surface area contributed by atoms with Crippen molar-refractivity contribution in [3.8, 4) is 0 Å². The summed E-state index contributed by atoms with van der Waals surface area (Å²) in [7, 11) is 0. The van der Waals surface area contributed by atoms with E-state index in [-0.39, 0.29) is 180 Å². The Kier molecular flexibility index (Phi) is 405. The monoisotopic (exact) mass is 980 g/mol. The Morgan fingerprint density at radius 3 is 0.200 bits per heavy atom. The van der Waals surface area contributed by atoms with E-state index in [1.54, 1.807) is 0 Å². The van der Waals surface area contributed by atoms with Crippen LogP contribution in [0.5, 0.6) is 0 Å². The standard InChI is InChI=1S/C14H28.8BrH.8H2O/c1-2-4-6-8-10-12-14-13-11-9-7-5-3-1;;;;;;;;;;;;;;;;/h1-14H2;8*1H;8*1H2. The van der Waals surface area contributed by atoms with Gasteiger partial charge in [0.15, 0.2) is 0 Å². The topological polar surface area (TPSA) is 252 Å². The summed E-state index contributed by atoms with van der Waals surface area (Å²) in [4.78, 5) is 0. The largest absolute Gasteiger partial charge is 0.412 e. The van der Waals surface area contributed by atoms with E-state index in [4.69, 9.17) is 0 Å². The Balaban J connectivity index is -0.00000000875. The summed E-state index contributed by atoms with van der Waals surface area (Å²) in [5.74, 6) is 0. The first-order valence-electron chi connectivity index (χ1n) is 7.00. The molecule has 0 saturated heterocycles. The van der Waals surface area contributed by atoms with Gasteiger partial charge < -0.3 is 43.8 Å². The van der Waals surface area contributed by atoms with Crippen LogP contribution in [-0.2, 0) is 0 Å². The molecule has 0 spiro atoms. The van der Waals surface area contributed by atoms with Crippen molar-refractivity contribution >= 4 is 136 Å². The fourth-order valence-electron chi connectivity index (χ4n) is 2.47. The molecule has 1 rings (SSSR count). The second kappa shape index (κ2) is 105. The third-order valence-electron chi connectivity index (χ3n) is 3.50. The van der Waals surface area contributed by atoms with Crippen LogP contribution in [0, 0.1) is 0 Å². The summed E-state index contributed by atoms with van der Waals surface area (Å²) in [5, 5.41) is 0. The molecule has 0 radical (unpaired) electrons. The lowest BCUT2D eigenvalue weighted by Gasteiger charge is -2.05. The maximum Gasteiger partial charge on any atom is -0.0533 e. The normalized spacial score (nSPS) is 11.2. The maximum absolute atomic E-state index is 1.50. The zero-order chi connectivity index (χ0) is 9.90. The summed E-state index contributed by atoms with van der Waals surface area (Å²) in [6.07, 6.45) is 21.0. The van der Waals surface area contributed by atoms with E-state index >= 15 is 0 Å². The second-order valence-corrected chi connectivity index (χ2v) is 4.95. The number of halogens is 8. The van der Waals surface area contributed by atoms with Crippen LogP contribution in [0.2, 0.25) is 0 Å². The van der Waals surface area contributed by atoms with Gasteiger partial charge in [-0.3, -0.25) is 0 Å². The van der Waals surface area contributed by atoms with Crippen molar-refractivity contribution < 1.29 is 43.8 Å². The molecule has 16 heteroatoms. The SMILES string of the molecule is Br.Br.Br.Br.Br.Br.Br.Br.C1CCCCCCCCCCCCC1.O.O.O.O.O.O.O.O. The van der Waals surface area contributed by atoms with Gasteiger partial charge in [0.2, 0.25) is 0 Å². The van der Waals surface area contributed by atoms with Crippen molar-refractivity contribution in [1.82, 2.24) is 0 Å². The zero-order valence-corrected chi connectivity index (χ0v) is 30.9. The predicted octanol–water partition coefficient (Wildman–Crippen LogP) is 3.49. The first-order valence-corrected chi connectivity index (χ1v) is 7.00. The minimum atomic E-state index is 0. The van der Waals surface area contributed by atoms with Crippen LogP contribution in [-0.4, -0.2) is 43.8 Å². The summed E-state index contributed by atoms with van der Waals surface area (Å²) in [6.45, 7) is 0. The maximum atomic E-state index is 1.50. The molecule has 0 aromatic carbocycles. The quantitative estimate of drug-likeness (QED) is 0.338. The van der Waals surface area contributed by atoms with Crippen molar-refractivity contribution in [2.24, 2.45) is 0 Å². The third-order valence-corrected chi connectivity index (χ3v) is 3.50. The molecule has 0 unspecified atom stereocenters. The lowest BCUT2D eigenvalue weighted by Crippen LogP contribution is -1.85. The average Bonchev–Trinajstić information content (AvgIpc) is 2.22. The Bertz CT molecular complexity index is 99.2. The molecule has 212 valence electrons. The molecule has 16 N–H and O–H groups in total. The van der Waals surface area contributed by atoms with E-state index in [1.165, 1.54) is 89.9 Å². The highest BCUT2D eigenvalue weighted by Crippen LogP contribution is 2.16. The highest BCUT2D eigenvalue weighted by Gasteiger charge is 1.96. The van der Waals surface area contributed by atoms with Crippen LogP contribution in [0.15, 0.2) is 0 Å². The molecule has 1 aliphatic rings. The van der Waals surface area contributed by atoms with Crippen molar-refractivity contribution in [2.45, 2.75) is 89.9 Å². The Labute approximate surface area is 266 Å². The van der Waals surface area contributed by atoms with Crippen molar-refractivity contribution in [2.75, 3.05) is 0 Å². The van der Waals surface area contributed by atoms with Gasteiger partial charge in [0.05, 0.1) is 0 Å². The first kappa shape index (κ1) is 115. The van der Waals surface area contributed by atoms with Gasteiger partial charge in [0, 0.05) is 0 Å². The van der Waals surface area contributed by atoms with E-state index in [0.717, 1.165) is 0 Å². The predicted molar refractivity (Wildman–Crippen MR) is 176 cm³/mol. The van der Waals surface area contributed by atoms with Gasteiger partial charge in [-0.1, -0.05) is 89.9 Å². The molecule has 8 nitrogen and oxygen atoms in total. The van der Waals surface area contributed by atoms with E-state index in [0.29, 0.717) is 0 Å². The Morgan fingerprint density at radius 2 is 0.167 bits per heavy atom. The highest BCUT2D eigenvalue weighted by atomic mass is 79.9. The molecule has 0 aromatic heterocycles. The second-order valence-electron chi connectivity index (χ2n) is 4.95. The molecule has 0 aromatic rings. The van der Waals surface area contributed by atoms with Crippen molar-refractivity contribution in [3.05, 3.63) is 0 Å². The summed E-state index contributed by atoms with van der Waals surface area (Å²) in [6, 6.07) is 0. The molecule has 1 fully saturated rings. The number of hydrogen-bond donors (Lipinski definition) is 0. The van der Waals surface area contributed by atoms with Crippen LogP contribution < -0.4 is 0 Å². The Hall–Kier alpha value is 3.52. The van der Waals surface area contributed by atoms with Gasteiger partial charge in [-0.15, -0.1) is 136 Å². The van der Waals surface area contributed by atoms with Crippen LogP contribution in [0.25, 0.3) is 0 Å². The molecular formula is C14H52Br8O8. The smallest absolute Gasteiger partial charge is 0.0533 e. The molecule has 30 heavy (non-hydrogen) atoms. The third kappa shape index (κ3) is 95.7. The average molecular weight is 988 g/mol. The van der Waals surface area contributed by atoms with E-state index in [9.17, 15) is 0 Å². The van der Waals surface area contributed by atoms with Crippen molar-refractivity contribution in [1.29, 1.82) is 0 Å². The van der Waals surface area contributed by atoms with E-state index in [1.807, 2.05) is 0 Å².